The molecule has 0 N–H and O–H groups in total. The Morgan fingerprint density at radius 3 is 1.00 bits per heavy atom. The predicted molar refractivity (Wildman–Crippen MR) is 103 cm³/mol. The molecule has 0 fully saturated rings. The van der Waals surface area contributed by atoms with Gasteiger partial charge in [0.05, 0.1) is 0 Å². The SMILES string of the molecule is CCCCCCCCCCCCCCCCCCC[SiH2]C. The van der Waals surface area contributed by atoms with E-state index in [0.29, 0.717) is 9.52 Å². The Kier molecular flexibility index (Phi) is 20.4. The lowest BCUT2D eigenvalue weighted by Gasteiger charge is -2.03. The van der Waals surface area contributed by atoms with Gasteiger partial charge in [0.1, 0.15) is 0 Å². The predicted octanol–water partition coefficient (Wildman–Crippen LogP) is 7.27. The second-order valence-corrected chi connectivity index (χ2v) is 8.72. The first-order valence-electron chi connectivity index (χ1n) is 10.4. The molecule has 0 aromatic rings. The zero-order chi connectivity index (χ0) is 15.4. The molecule has 0 rings (SSSR count). The molecule has 128 valence electrons. The highest BCUT2D eigenvalue weighted by molar-refractivity contribution is 6.33. The van der Waals surface area contributed by atoms with Crippen molar-refractivity contribution in [3.8, 4) is 0 Å². The third-order valence-electron chi connectivity index (χ3n) is 4.71. The van der Waals surface area contributed by atoms with Crippen LogP contribution in [0.5, 0.6) is 0 Å². The average Bonchev–Trinajstić information content (AvgIpc) is 2.50. The molecule has 0 aliphatic heterocycles. The van der Waals surface area contributed by atoms with Crippen molar-refractivity contribution < 1.29 is 0 Å². The molecular formula is C20H44Si. The number of hydrogen-bond donors (Lipinski definition) is 0. The van der Waals surface area contributed by atoms with E-state index < -0.39 is 0 Å². The minimum absolute atomic E-state index is 0.348. The topological polar surface area (TPSA) is 0 Å². The first kappa shape index (κ1) is 21.2. The van der Waals surface area contributed by atoms with Crippen LogP contribution in [0.25, 0.3) is 0 Å². The van der Waals surface area contributed by atoms with Crippen molar-refractivity contribution in [2.75, 3.05) is 0 Å². The standard InChI is InChI=1S/C20H44Si/c1-3-4-5-6-7-8-9-10-11-12-13-14-15-16-17-18-19-20-21-2/h3-21H2,1-2H3. The lowest BCUT2D eigenvalue weighted by molar-refractivity contribution is 0.529. The molecule has 0 radical (unpaired) electrons. The van der Waals surface area contributed by atoms with Gasteiger partial charge in [-0.25, -0.2) is 0 Å². The molecule has 0 bridgehead atoms. The monoisotopic (exact) mass is 312 g/mol. The van der Waals surface area contributed by atoms with E-state index in [2.05, 4.69) is 13.5 Å². The molecule has 0 unspecified atom stereocenters. The van der Waals surface area contributed by atoms with Gasteiger partial charge < -0.3 is 0 Å². The van der Waals surface area contributed by atoms with Crippen LogP contribution in [0.2, 0.25) is 12.6 Å². The maximum absolute atomic E-state index is 2.44. The summed E-state index contributed by atoms with van der Waals surface area (Å²) in [6.07, 6.45) is 25.3. The lowest BCUT2D eigenvalue weighted by Crippen LogP contribution is -1.84. The van der Waals surface area contributed by atoms with Gasteiger partial charge in [-0.2, -0.15) is 0 Å². The Bertz CT molecular complexity index is 149. The lowest BCUT2D eigenvalue weighted by atomic mass is 10.0. The molecule has 0 aliphatic carbocycles. The van der Waals surface area contributed by atoms with Gasteiger partial charge in [-0.1, -0.05) is 129 Å². The van der Waals surface area contributed by atoms with E-state index >= 15 is 0 Å². The molecule has 21 heavy (non-hydrogen) atoms. The molecule has 1 heteroatoms. The van der Waals surface area contributed by atoms with Crippen LogP contribution in [0.4, 0.5) is 0 Å². The summed E-state index contributed by atoms with van der Waals surface area (Å²) in [5.41, 5.74) is 0. The Morgan fingerprint density at radius 2 is 0.714 bits per heavy atom. The zero-order valence-corrected chi connectivity index (χ0v) is 16.8. The highest BCUT2D eigenvalue weighted by Gasteiger charge is 1.94. The molecule has 0 nitrogen and oxygen atoms in total. The second-order valence-electron chi connectivity index (χ2n) is 7.01. The van der Waals surface area contributed by atoms with Gasteiger partial charge in [0.25, 0.3) is 0 Å². The van der Waals surface area contributed by atoms with E-state index in [1.54, 1.807) is 6.04 Å². The van der Waals surface area contributed by atoms with Crippen LogP contribution >= 0.6 is 0 Å². The van der Waals surface area contributed by atoms with Crippen molar-refractivity contribution in [1.29, 1.82) is 0 Å². The van der Waals surface area contributed by atoms with Gasteiger partial charge >= 0.3 is 0 Å². The summed E-state index contributed by atoms with van der Waals surface area (Å²) in [5, 5.41) is 0. The minimum atomic E-state index is 0.348. The highest BCUT2D eigenvalue weighted by Crippen LogP contribution is 2.14. The summed E-state index contributed by atoms with van der Waals surface area (Å²) >= 11 is 0. The zero-order valence-electron chi connectivity index (χ0n) is 15.4. The van der Waals surface area contributed by atoms with Crippen molar-refractivity contribution in [2.24, 2.45) is 0 Å². The Hall–Kier alpha value is 0.217. The maximum Gasteiger partial charge on any atom is 0.0166 e. The Balaban J connectivity index is 2.90. The van der Waals surface area contributed by atoms with E-state index in [1.165, 1.54) is 109 Å². The van der Waals surface area contributed by atoms with Crippen LogP contribution in [0, 0.1) is 0 Å². The summed E-state index contributed by atoms with van der Waals surface area (Å²) in [6, 6.07) is 1.58. The number of rotatable bonds is 18. The van der Waals surface area contributed by atoms with Crippen LogP contribution in [0.15, 0.2) is 0 Å². The molecule has 0 spiro atoms. The Morgan fingerprint density at radius 1 is 0.429 bits per heavy atom. The highest BCUT2D eigenvalue weighted by atomic mass is 28.2. The van der Waals surface area contributed by atoms with Gasteiger partial charge in [0.2, 0.25) is 0 Å². The third-order valence-corrected chi connectivity index (χ3v) is 5.91. The molecule has 0 saturated carbocycles. The smallest absolute Gasteiger partial charge is 0.0166 e. The summed E-state index contributed by atoms with van der Waals surface area (Å²) in [6.45, 7) is 4.74. The number of unbranched alkanes of at least 4 members (excludes halogenated alkanes) is 16. The molecule has 0 amide bonds. The molecule has 0 saturated heterocycles. The van der Waals surface area contributed by atoms with Crippen molar-refractivity contribution in [2.45, 2.75) is 129 Å². The normalized spacial score (nSPS) is 11.7. The van der Waals surface area contributed by atoms with Crippen LogP contribution in [0.3, 0.4) is 0 Å². The van der Waals surface area contributed by atoms with Crippen molar-refractivity contribution >= 4 is 9.52 Å². The van der Waals surface area contributed by atoms with Gasteiger partial charge in [-0.05, 0) is 0 Å². The maximum atomic E-state index is 2.44. The first-order chi connectivity index (χ1) is 10.4. The molecule has 0 heterocycles. The average molecular weight is 313 g/mol. The molecule has 0 aromatic heterocycles. The fourth-order valence-corrected chi connectivity index (χ4v) is 4.01. The molecule has 0 atom stereocenters. The largest absolute Gasteiger partial charge is 0.0748 e. The third kappa shape index (κ3) is 20.2. The van der Waals surface area contributed by atoms with Crippen molar-refractivity contribution in [3.63, 3.8) is 0 Å². The van der Waals surface area contributed by atoms with E-state index in [9.17, 15) is 0 Å². The molecular weight excluding hydrogens is 268 g/mol. The van der Waals surface area contributed by atoms with Crippen LogP contribution in [-0.4, -0.2) is 9.52 Å². The van der Waals surface area contributed by atoms with Crippen LogP contribution in [-0.2, 0) is 0 Å². The van der Waals surface area contributed by atoms with Gasteiger partial charge in [0.15, 0.2) is 0 Å². The minimum Gasteiger partial charge on any atom is -0.0748 e. The van der Waals surface area contributed by atoms with E-state index in [-0.39, 0.29) is 0 Å². The summed E-state index contributed by atoms with van der Waals surface area (Å²) in [4.78, 5) is 0. The van der Waals surface area contributed by atoms with Crippen molar-refractivity contribution in [3.05, 3.63) is 0 Å². The fourth-order valence-electron chi connectivity index (χ4n) is 3.15. The summed E-state index contributed by atoms with van der Waals surface area (Å²) < 4.78 is 0. The van der Waals surface area contributed by atoms with Gasteiger partial charge in [-0.15, -0.1) is 0 Å². The van der Waals surface area contributed by atoms with Crippen molar-refractivity contribution in [1.82, 2.24) is 0 Å². The molecule has 0 aliphatic rings. The van der Waals surface area contributed by atoms with Crippen LogP contribution in [0.1, 0.15) is 116 Å². The fraction of sp³-hybridized carbons (Fsp3) is 1.00. The van der Waals surface area contributed by atoms with E-state index in [4.69, 9.17) is 0 Å². The number of hydrogen-bond acceptors (Lipinski definition) is 0. The second kappa shape index (κ2) is 20.2. The van der Waals surface area contributed by atoms with E-state index in [1.807, 2.05) is 0 Å². The summed E-state index contributed by atoms with van der Waals surface area (Å²) in [5.74, 6) is 0. The van der Waals surface area contributed by atoms with Crippen LogP contribution < -0.4 is 0 Å². The Labute approximate surface area is 138 Å². The quantitative estimate of drug-likeness (QED) is 0.184. The molecule has 0 aromatic carbocycles. The summed E-state index contributed by atoms with van der Waals surface area (Å²) in [7, 11) is 0.348. The van der Waals surface area contributed by atoms with Gasteiger partial charge in [0, 0.05) is 9.52 Å². The first-order valence-corrected chi connectivity index (χ1v) is 12.8. The van der Waals surface area contributed by atoms with Gasteiger partial charge in [-0.3, -0.25) is 0 Å². The van der Waals surface area contributed by atoms with E-state index in [0.717, 1.165) is 0 Å².